The lowest BCUT2D eigenvalue weighted by atomic mass is 10.2. The molecule has 0 aromatic heterocycles. The van der Waals surface area contributed by atoms with E-state index in [1.807, 2.05) is 6.07 Å². The van der Waals surface area contributed by atoms with Gasteiger partial charge in [0.2, 0.25) is 0 Å². The third-order valence-corrected chi connectivity index (χ3v) is 2.14. The summed E-state index contributed by atoms with van der Waals surface area (Å²) in [6.45, 7) is 1.74. The molecule has 0 fully saturated rings. The normalized spacial score (nSPS) is 10.7. The summed E-state index contributed by atoms with van der Waals surface area (Å²) >= 11 is 0. The highest BCUT2D eigenvalue weighted by Crippen LogP contribution is 2.29. The molecule has 0 N–H and O–H groups in total. The van der Waals surface area contributed by atoms with Crippen LogP contribution >= 0.6 is 0 Å². The number of hydrogen-bond donors (Lipinski definition) is 0. The molecule has 0 atom stereocenters. The molecule has 1 rings (SSSR count). The second-order valence-corrected chi connectivity index (χ2v) is 3.75. The van der Waals surface area contributed by atoms with E-state index in [1.165, 1.54) is 20.1 Å². The minimum Gasteiger partial charge on any atom is -0.464 e. The molecule has 5 heteroatoms. The Morgan fingerprint density at radius 3 is 2.32 bits per heavy atom. The van der Waals surface area contributed by atoms with E-state index in [9.17, 15) is 4.79 Å². The Balaban J connectivity index is 2.89. The largest absolute Gasteiger partial charge is 0.464 e. The number of hydrogen-bond acceptors (Lipinski definition) is 5. The van der Waals surface area contributed by atoms with Gasteiger partial charge in [-0.2, -0.15) is 0 Å². The average Bonchev–Trinajstić information content (AvgIpc) is 2.41. The first-order valence-electron chi connectivity index (χ1n) is 5.73. The summed E-state index contributed by atoms with van der Waals surface area (Å²) in [5, 5.41) is 0. The molecular weight excluding hydrogens is 248 g/mol. The molecule has 0 spiro atoms. The summed E-state index contributed by atoms with van der Waals surface area (Å²) in [4.78, 5) is 10.9. The van der Waals surface area contributed by atoms with Crippen LogP contribution in [0.5, 0.6) is 11.5 Å². The molecule has 0 heterocycles. The first-order valence-corrected chi connectivity index (χ1v) is 5.73. The van der Waals surface area contributed by atoms with E-state index >= 15 is 0 Å². The van der Waals surface area contributed by atoms with Crippen molar-refractivity contribution in [2.75, 3.05) is 27.8 Å². The first kappa shape index (κ1) is 15.2. The number of rotatable bonds is 8. The molecule has 0 saturated carbocycles. The number of carbonyl (C=O) groups is 1. The van der Waals surface area contributed by atoms with Crippen molar-refractivity contribution in [2.24, 2.45) is 0 Å². The van der Waals surface area contributed by atoms with Crippen LogP contribution in [0.25, 0.3) is 6.08 Å². The van der Waals surface area contributed by atoms with Crippen molar-refractivity contribution in [3.05, 3.63) is 29.8 Å². The van der Waals surface area contributed by atoms with E-state index in [2.05, 4.69) is 0 Å². The van der Waals surface area contributed by atoms with Gasteiger partial charge in [0.15, 0.2) is 30.9 Å². The maximum Gasteiger partial charge on any atom is 0.188 e. The van der Waals surface area contributed by atoms with Crippen molar-refractivity contribution in [1.82, 2.24) is 0 Å². The molecule has 0 saturated heterocycles. The Bertz CT molecular complexity index is 439. The Labute approximate surface area is 112 Å². The number of benzene rings is 1. The van der Waals surface area contributed by atoms with E-state index in [0.29, 0.717) is 11.5 Å². The zero-order chi connectivity index (χ0) is 14.1. The van der Waals surface area contributed by atoms with Crippen LogP contribution in [0.4, 0.5) is 0 Å². The van der Waals surface area contributed by atoms with Crippen LogP contribution in [0.1, 0.15) is 12.5 Å². The molecule has 0 aliphatic heterocycles. The van der Waals surface area contributed by atoms with Gasteiger partial charge in [-0.1, -0.05) is 12.1 Å². The van der Waals surface area contributed by atoms with E-state index in [1.54, 1.807) is 25.3 Å². The third kappa shape index (κ3) is 5.54. The van der Waals surface area contributed by atoms with Crippen LogP contribution < -0.4 is 9.47 Å². The molecule has 0 radical (unpaired) electrons. The van der Waals surface area contributed by atoms with E-state index in [4.69, 9.17) is 18.9 Å². The van der Waals surface area contributed by atoms with Gasteiger partial charge in [0.25, 0.3) is 0 Å². The van der Waals surface area contributed by atoms with Gasteiger partial charge < -0.3 is 18.9 Å². The summed E-state index contributed by atoms with van der Waals surface area (Å²) in [7, 11) is 3.08. The fourth-order valence-electron chi connectivity index (χ4n) is 1.32. The molecular formula is C14H18O5. The van der Waals surface area contributed by atoms with Crippen LogP contribution in [-0.4, -0.2) is 33.6 Å². The number of allylic oxidation sites excluding steroid dienone is 1. The smallest absolute Gasteiger partial charge is 0.188 e. The minimum absolute atomic E-state index is 0.0148. The summed E-state index contributed by atoms with van der Waals surface area (Å²) in [5.41, 5.74) is 0.839. The summed E-state index contributed by atoms with van der Waals surface area (Å²) < 4.78 is 20.5. The van der Waals surface area contributed by atoms with Gasteiger partial charge in [0.05, 0.1) is 0 Å². The number of methoxy groups -OCH3 is 2. The third-order valence-electron chi connectivity index (χ3n) is 2.14. The zero-order valence-corrected chi connectivity index (χ0v) is 11.3. The topological polar surface area (TPSA) is 54.0 Å². The van der Waals surface area contributed by atoms with Crippen LogP contribution in [0.2, 0.25) is 0 Å². The van der Waals surface area contributed by atoms with E-state index < -0.39 is 0 Å². The second-order valence-electron chi connectivity index (χ2n) is 3.75. The van der Waals surface area contributed by atoms with Crippen molar-refractivity contribution >= 4 is 11.9 Å². The fourth-order valence-corrected chi connectivity index (χ4v) is 1.32. The van der Waals surface area contributed by atoms with Gasteiger partial charge in [-0.15, -0.1) is 0 Å². The molecule has 1 aromatic carbocycles. The number of ether oxygens (including phenoxy) is 4. The Kier molecular flexibility index (Phi) is 6.63. The quantitative estimate of drug-likeness (QED) is 0.533. The lowest BCUT2D eigenvalue weighted by Crippen LogP contribution is -2.04. The maximum absolute atomic E-state index is 10.9. The zero-order valence-electron chi connectivity index (χ0n) is 11.3. The van der Waals surface area contributed by atoms with Crippen molar-refractivity contribution in [1.29, 1.82) is 0 Å². The summed E-state index contributed by atoms with van der Waals surface area (Å²) in [5.74, 6) is 1.07. The standard InChI is InChI=1S/C14H18O5/c1-11(15)4-5-12-6-7-13(18-9-16-2)14(8-12)19-10-17-3/h4-8H,9-10H2,1-3H3/b5-4+. The Morgan fingerprint density at radius 1 is 1.11 bits per heavy atom. The molecule has 0 aliphatic carbocycles. The lowest BCUT2D eigenvalue weighted by molar-refractivity contribution is -0.112. The minimum atomic E-state index is -0.0148. The predicted octanol–water partition coefficient (Wildman–Crippen LogP) is 2.25. The summed E-state index contributed by atoms with van der Waals surface area (Å²) in [6.07, 6.45) is 3.20. The van der Waals surface area contributed by atoms with Crippen LogP contribution in [0.15, 0.2) is 24.3 Å². The van der Waals surface area contributed by atoms with Gasteiger partial charge in [0.1, 0.15) is 0 Å². The highest BCUT2D eigenvalue weighted by atomic mass is 16.7. The van der Waals surface area contributed by atoms with Gasteiger partial charge in [-0.3, -0.25) is 4.79 Å². The average molecular weight is 266 g/mol. The highest BCUT2D eigenvalue weighted by molar-refractivity contribution is 5.91. The first-order chi connectivity index (χ1) is 9.17. The molecule has 104 valence electrons. The summed E-state index contributed by atoms with van der Waals surface area (Å²) in [6, 6.07) is 5.34. The second kappa shape index (κ2) is 8.29. The fraction of sp³-hybridized carbons (Fsp3) is 0.357. The predicted molar refractivity (Wildman–Crippen MR) is 71.2 cm³/mol. The SMILES string of the molecule is COCOc1ccc(/C=C/C(C)=O)cc1OCOC. The monoisotopic (exact) mass is 266 g/mol. The molecule has 0 amide bonds. The van der Waals surface area contributed by atoms with Crippen molar-refractivity contribution in [3.8, 4) is 11.5 Å². The lowest BCUT2D eigenvalue weighted by Gasteiger charge is -2.12. The van der Waals surface area contributed by atoms with E-state index in [-0.39, 0.29) is 19.4 Å². The molecule has 0 aliphatic rings. The Hall–Kier alpha value is -1.85. The van der Waals surface area contributed by atoms with Gasteiger partial charge in [0, 0.05) is 14.2 Å². The maximum atomic E-state index is 10.9. The van der Waals surface area contributed by atoms with Crippen molar-refractivity contribution in [3.63, 3.8) is 0 Å². The van der Waals surface area contributed by atoms with Gasteiger partial charge in [-0.25, -0.2) is 0 Å². The van der Waals surface area contributed by atoms with E-state index in [0.717, 1.165) is 5.56 Å². The molecule has 0 unspecified atom stereocenters. The van der Waals surface area contributed by atoms with Gasteiger partial charge >= 0.3 is 0 Å². The van der Waals surface area contributed by atoms with Gasteiger partial charge in [-0.05, 0) is 30.7 Å². The van der Waals surface area contributed by atoms with Crippen LogP contribution in [0, 0.1) is 0 Å². The van der Waals surface area contributed by atoms with Crippen LogP contribution in [-0.2, 0) is 14.3 Å². The molecule has 19 heavy (non-hydrogen) atoms. The molecule has 0 bridgehead atoms. The highest BCUT2D eigenvalue weighted by Gasteiger charge is 2.06. The number of carbonyl (C=O) groups excluding carboxylic acids is 1. The number of ketones is 1. The Morgan fingerprint density at radius 2 is 1.74 bits per heavy atom. The molecule has 5 nitrogen and oxygen atoms in total. The van der Waals surface area contributed by atoms with Crippen molar-refractivity contribution < 1.29 is 23.7 Å². The van der Waals surface area contributed by atoms with Crippen molar-refractivity contribution in [2.45, 2.75) is 6.92 Å². The van der Waals surface area contributed by atoms with Crippen LogP contribution in [0.3, 0.4) is 0 Å². The molecule has 1 aromatic rings.